The number of nitrogens with zero attached hydrogens (tertiary/aromatic N) is 1. The molecule has 1 heterocycles. The molecule has 1 aromatic carbocycles. The van der Waals surface area contributed by atoms with Crippen LogP contribution < -0.4 is 10.1 Å². The van der Waals surface area contributed by atoms with Gasteiger partial charge in [-0.25, -0.2) is 9.59 Å². The van der Waals surface area contributed by atoms with E-state index >= 15 is 0 Å². The Morgan fingerprint density at radius 1 is 1.41 bits per heavy atom. The number of ether oxygens (including phenoxy) is 2. The fraction of sp³-hybridized carbons (Fsp3) is 0.357. The molecular formula is C14H15ClN2O5. The summed E-state index contributed by atoms with van der Waals surface area (Å²) in [5.41, 5.74) is 0.112. The number of hydrogen-bond donors (Lipinski definition) is 1. The quantitative estimate of drug-likeness (QED) is 0.846. The van der Waals surface area contributed by atoms with Gasteiger partial charge in [0.1, 0.15) is 11.3 Å². The van der Waals surface area contributed by atoms with Crippen molar-refractivity contribution in [3.63, 3.8) is 0 Å². The summed E-state index contributed by atoms with van der Waals surface area (Å²) in [5, 5.41) is 2.84. The van der Waals surface area contributed by atoms with E-state index in [1.165, 1.54) is 26.2 Å². The molecule has 3 amide bonds. The minimum Gasteiger partial charge on any atom is -0.496 e. The number of carbonyl (C=O) groups is 3. The molecule has 2 rings (SSSR count). The van der Waals surface area contributed by atoms with Crippen molar-refractivity contribution in [2.75, 3.05) is 20.2 Å². The van der Waals surface area contributed by atoms with Crippen LogP contribution in [0.2, 0.25) is 5.02 Å². The normalized spacial score (nSPS) is 15.2. The van der Waals surface area contributed by atoms with Gasteiger partial charge in [0.25, 0.3) is 5.91 Å². The lowest BCUT2D eigenvalue weighted by atomic mass is 10.2. The summed E-state index contributed by atoms with van der Waals surface area (Å²) in [4.78, 5) is 36.7. The summed E-state index contributed by atoms with van der Waals surface area (Å²) < 4.78 is 10.2. The maximum absolute atomic E-state index is 12.2. The van der Waals surface area contributed by atoms with E-state index in [0.717, 1.165) is 4.90 Å². The van der Waals surface area contributed by atoms with Gasteiger partial charge in [0.05, 0.1) is 7.11 Å². The average molecular weight is 327 g/mol. The van der Waals surface area contributed by atoms with Gasteiger partial charge in [-0.1, -0.05) is 11.6 Å². The predicted octanol–water partition coefficient (Wildman–Crippen LogP) is 1.45. The Balaban J connectivity index is 2.09. The van der Waals surface area contributed by atoms with Crippen LogP contribution in [0, 0.1) is 0 Å². The Hall–Kier alpha value is -2.28. The van der Waals surface area contributed by atoms with Gasteiger partial charge in [-0.05, 0) is 25.1 Å². The lowest BCUT2D eigenvalue weighted by molar-refractivity contribution is -0.136. The first-order valence-corrected chi connectivity index (χ1v) is 6.95. The highest BCUT2D eigenvalue weighted by molar-refractivity contribution is 6.31. The number of rotatable bonds is 4. The maximum atomic E-state index is 12.2. The van der Waals surface area contributed by atoms with Crippen LogP contribution in [0.3, 0.4) is 0 Å². The standard InChI is InChI=1S/C14H15ClN2O5/c1-8(12(18)17-6-5-16-14(17)20)22-13(19)10-7-9(15)3-4-11(10)21-2/h3-4,7-8H,5-6H2,1-2H3,(H,16,20). The van der Waals surface area contributed by atoms with Crippen LogP contribution in [-0.2, 0) is 9.53 Å². The van der Waals surface area contributed by atoms with Crippen molar-refractivity contribution in [2.24, 2.45) is 0 Å². The van der Waals surface area contributed by atoms with Crippen molar-refractivity contribution in [3.05, 3.63) is 28.8 Å². The zero-order valence-corrected chi connectivity index (χ0v) is 12.8. The SMILES string of the molecule is COc1ccc(Cl)cc1C(=O)OC(C)C(=O)N1CCNC1=O. The minimum atomic E-state index is -1.10. The molecule has 0 spiro atoms. The molecule has 0 aliphatic carbocycles. The van der Waals surface area contributed by atoms with Crippen LogP contribution >= 0.6 is 11.6 Å². The van der Waals surface area contributed by atoms with E-state index in [1.54, 1.807) is 6.07 Å². The first-order chi connectivity index (χ1) is 10.4. The summed E-state index contributed by atoms with van der Waals surface area (Å²) in [6, 6.07) is 4.00. The molecule has 22 heavy (non-hydrogen) atoms. The van der Waals surface area contributed by atoms with Gasteiger partial charge in [0, 0.05) is 18.1 Å². The zero-order valence-electron chi connectivity index (χ0n) is 12.1. The highest BCUT2D eigenvalue weighted by atomic mass is 35.5. The molecule has 0 bridgehead atoms. The lowest BCUT2D eigenvalue weighted by Crippen LogP contribution is -2.41. The number of esters is 1. The number of carbonyl (C=O) groups excluding carboxylic acids is 3. The van der Waals surface area contributed by atoms with Gasteiger partial charge >= 0.3 is 12.0 Å². The van der Waals surface area contributed by atoms with E-state index in [-0.39, 0.29) is 17.9 Å². The monoisotopic (exact) mass is 326 g/mol. The molecule has 1 saturated heterocycles. The van der Waals surface area contributed by atoms with E-state index in [4.69, 9.17) is 21.1 Å². The molecule has 118 valence electrons. The lowest BCUT2D eigenvalue weighted by Gasteiger charge is -2.18. The summed E-state index contributed by atoms with van der Waals surface area (Å²) >= 11 is 5.85. The maximum Gasteiger partial charge on any atom is 0.342 e. The second-order valence-electron chi connectivity index (χ2n) is 4.61. The fourth-order valence-electron chi connectivity index (χ4n) is 2.02. The number of urea groups is 1. The molecule has 0 saturated carbocycles. The van der Waals surface area contributed by atoms with Crippen LogP contribution in [0.1, 0.15) is 17.3 Å². The van der Waals surface area contributed by atoms with Crippen molar-refractivity contribution in [2.45, 2.75) is 13.0 Å². The van der Waals surface area contributed by atoms with Crippen LogP contribution in [0.5, 0.6) is 5.75 Å². The second-order valence-corrected chi connectivity index (χ2v) is 5.05. The van der Waals surface area contributed by atoms with Crippen LogP contribution in [0.4, 0.5) is 4.79 Å². The van der Waals surface area contributed by atoms with Crippen LogP contribution in [-0.4, -0.2) is 49.1 Å². The highest BCUT2D eigenvalue weighted by Gasteiger charge is 2.32. The minimum absolute atomic E-state index is 0.112. The number of methoxy groups -OCH3 is 1. The Kier molecular flexibility index (Phi) is 4.87. The molecule has 1 aromatic rings. The number of benzene rings is 1. The van der Waals surface area contributed by atoms with E-state index in [0.29, 0.717) is 11.6 Å². The van der Waals surface area contributed by atoms with E-state index < -0.39 is 24.0 Å². The first-order valence-electron chi connectivity index (χ1n) is 6.57. The predicted molar refractivity (Wildman–Crippen MR) is 78.0 cm³/mol. The fourth-order valence-corrected chi connectivity index (χ4v) is 2.19. The van der Waals surface area contributed by atoms with E-state index in [2.05, 4.69) is 5.32 Å². The topological polar surface area (TPSA) is 84.9 Å². The molecule has 1 aliphatic heterocycles. The number of hydrogen-bond acceptors (Lipinski definition) is 5. The Morgan fingerprint density at radius 3 is 2.73 bits per heavy atom. The molecule has 8 heteroatoms. The Morgan fingerprint density at radius 2 is 2.14 bits per heavy atom. The number of amides is 3. The third kappa shape index (κ3) is 3.30. The molecule has 1 fully saturated rings. The molecule has 7 nitrogen and oxygen atoms in total. The number of halogens is 1. The van der Waals surface area contributed by atoms with Crippen molar-refractivity contribution in [1.29, 1.82) is 0 Å². The average Bonchev–Trinajstić information content (AvgIpc) is 2.92. The molecular weight excluding hydrogens is 312 g/mol. The van der Waals surface area contributed by atoms with Gasteiger partial charge in [-0.2, -0.15) is 0 Å². The summed E-state index contributed by atoms with van der Waals surface area (Å²) in [7, 11) is 1.41. The van der Waals surface area contributed by atoms with Gasteiger partial charge < -0.3 is 14.8 Å². The van der Waals surface area contributed by atoms with Crippen molar-refractivity contribution in [3.8, 4) is 5.75 Å². The Bertz CT molecular complexity index is 619. The van der Waals surface area contributed by atoms with Crippen molar-refractivity contribution in [1.82, 2.24) is 10.2 Å². The largest absolute Gasteiger partial charge is 0.496 e. The molecule has 0 radical (unpaired) electrons. The zero-order chi connectivity index (χ0) is 16.3. The molecule has 1 unspecified atom stereocenters. The van der Waals surface area contributed by atoms with Crippen LogP contribution in [0.25, 0.3) is 0 Å². The smallest absolute Gasteiger partial charge is 0.342 e. The first kappa shape index (κ1) is 16.1. The number of nitrogens with one attached hydrogen (secondary N) is 1. The van der Waals surface area contributed by atoms with Gasteiger partial charge in [0.15, 0.2) is 6.10 Å². The van der Waals surface area contributed by atoms with Crippen molar-refractivity contribution >= 4 is 29.5 Å². The van der Waals surface area contributed by atoms with Crippen LogP contribution in [0.15, 0.2) is 18.2 Å². The summed E-state index contributed by atoms with van der Waals surface area (Å²) in [5.74, 6) is -1.04. The third-order valence-corrected chi connectivity index (χ3v) is 3.37. The molecule has 1 N–H and O–H groups in total. The Labute approximate surface area is 132 Å². The van der Waals surface area contributed by atoms with Gasteiger partial charge in [-0.15, -0.1) is 0 Å². The second kappa shape index (κ2) is 6.65. The van der Waals surface area contributed by atoms with E-state index in [1.807, 2.05) is 0 Å². The van der Waals surface area contributed by atoms with E-state index in [9.17, 15) is 14.4 Å². The summed E-state index contributed by atoms with van der Waals surface area (Å²) in [6.07, 6.45) is -1.10. The van der Waals surface area contributed by atoms with Gasteiger partial charge in [0.2, 0.25) is 0 Å². The highest BCUT2D eigenvalue weighted by Crippen LogP contribution is 2.24. The molecule has 1 atom stereocenters. The number of imide groups is 1. The third-order valence-electron chi connectivity index (χ3n) is 3.14. The van der Waals surface area contributed by atoms with Crippen molar-refractivity contribution < 1.29 is 23.9 Å². The molecule has 0 aromatic heterocycles. The van der Waals surface area contributed by atoms with Gasteiger partial charge in [-0.3, -0.25) is 9.69 Å². The summed E-state index contributed by atoms with van der Waals surface area (Å²) in [6.45, 7) is 2.04. The molecule has 1 aliphatic rings.